The highest BCUT2D eigenvalue weighted by Gasteiger charge is 2.05. The molecule has 0 radical (unpaired) electrons. The van der Waals surface area contributed by atoms with E-state index in [1.54, 1.807) is 6.20 Å². The van der Waals surface area contributed by atoms with Crippen LogP contribution in [0.25, 0.3) is 0 Å². The normalized spacial score (nSPS) is 10.5. The van der Waals surface area contributed by atoms with Crippen LogP contribution in [0, 0.1) is 0 Å². The first-order valence-electron chi connectivity index (χ1n) is 8.70. The number of hydrogen-bond donors (Lipinski definition) is 1. The number of aromatic nitrogens is 1. The standard InChI is InChI=1S/C22H22N2O2/c25-22(12-11-18-7-3-1-4-8-18)24-21-15-20(13-14-23-21)17-26-16-19-9-5-2-6-10-19/h1-10,13-15H,11-12,16-17H2,(H,23,24,25). The monoisotopic (exact) mass is 346 g/mol. The van der Waals surface area contributed by atoms with Gasteiger partial charge in [0.15, 0.2) is 0 Å². The van der Waals surface area contributed by atoms with Crippen molar-refractivity contribution in [3.63, 3.8) is 0 Å². The zero-order valence-electron chi connectivity index (χ0n) is 14.6. The SMILES string of the molecule is O=C(CCc1ccccc1)Nc1cc(COCc2ccccc2)ccn1. The maximum atomic E-state index is 12.1. The lowest BCUT2D eigenvalue weighted by molar-refractivity contribution is -0.116. The molecule has 0 fully saturated rings. The number of pyridine rings is 1. The maximum Gasteiger partial charge on any atom is 0.225 e. The average Bonchev–Trinajstić information content (AvgIpc) is 2.68. The van der Waals surface area contributed by atoms with Crippen LogP contribution >= 0.6 is 0 Å². The highest BCUT2D eigenvalue weighted by Crippen LogP contribution is 2.11. The number of nitrogens with zero attached hydrogens (tertiary/aromatic N) is 1. The van der Waals surface area contributed by atoms with Crippen molar-refractivity contribution in [1.82, 2.24) is 4.98 Å². The first kappa shape index (κ1) is 17.8. The fraction of sp³-hybridized carbons (Fsp3) is 0.182. The Balaban J connectivity index is 1.46. The molecule has 2 aromatic carbocycles. The molecule has 0 saturated carbocycles. The second kappa shape index (κ2) is 9.49. The number of rotatable bonds is 8. The van der Waals surface area contributed by atoms with Crippen LogP contribution in [0.3, 0.4) is 0 Å². The van der Waals surface area contributed by atoms with Crippen molar-refractivity contribution < 1.29 is 9.53 Å². The lowest BCUT2D eigenvalue weighted by Crippen LogP contribution is -2.13. The Morgan fingerprint density at radius 2 is 1.50 bits per heavy atom. The molecule has 0 aliphatic rings. The maximum absolute atomic E-state index is 12.1. The third kappa shape index (κ3) is 5.83. The Labute approximate surface area is 153 Å². The quantitative estimate of drug-likeness (QED) is 0.659. The molecule has 1 aromatic heterocycles. The van der Waals surface area contributed by atoms with E-state index < -0.39 is 0 Å². The second-order valence-electron chi connectivity index (χ2n) is 6.06. The molecule has 1 amide bonds. The van der Waals surface area contributed by atoms with Crippen molar-refractivity contribution in [3.05, 3.63) is 95.7 Å². The van der Waals surface area contributed by atoms with E-state index in [-0.39, 0.29) is 5.91 Å². The summed E-state index contributed by atoms with van der Waals surface area (Å²) in [5.41, 5.74) is 3.27. The number of anilines is 1. The van der Waals surface area contributed by atoms with Crippen LogP contribution < -0.4 is 5.32 Å². The lowest BCUT2D eigenvalue weighted by Gasteiger charge is -2.08. The van der Waals surface area contributed by atoms with Crippen molar-refractivity contribution in [3.8, 4) is 0 Å². The number of carbonyl (C=O) groups excluding carboxylic acids is 1. The smallest absolute Gasteiger partial charge is 0.225 e. The summed E-state index contributed by atoms with van der Waals surface area (Å²) < 4.78 is 5.73. The topological polar surface area (TPSA) is 51.2 Å². The van der Waals surface area contributed by atoms with E-state index in [1.807, 2.05) is 72.8 Å². The number of amides is 1. The van der Waals surface area contributed by atoms with Gasteiger partial charge in [0.05, 0.1) is 13.2 Å². The number of nitrogens with one attached hydrogen (secondary N) is 1. The molecule has 132 valence electrons. The van der Waals surface area contributed by atoms with Gasteiger partial charge in [0.1, 0.15) is 5.82 Å². The summed E-state index contributed by atoms with van der Waals surface area (Å²) in [6, 6.07) is 23.8. The van der Waals surface area contributed by atoms with Crippen LogP contribution in [0.4, 0.5) is 5.82 Å². The highest BCUT2D eigenvalue weighted by molar-refractivity contribution is 5.89. The van der Waals surface area contributed by atoms with Crippen LogP contribution in [0.1, 0.15) is 23.1 Å². The Morgan fingerprint density at radius 1 is 0.846 bits per heavy atom. The van der Waals surface area contributed by atoms with Crippen molar-refractivity contribution in [1.29, 1.82) is 0 Å². The summed E-state index contributed by atoms with van der Waals surface area (Å²) in [4.78, 5) is 16.3. The number of benzene rings is 2. The van der Waals surface area contributed by atoms with Gasteiger partial charge in [-0.05, 0) is 35.2 Å². The molecule has 4 heteroatoms. The van der Waals surface area contributed by atoms with Crippen molar-refractivity contribution in [2.75, 3.05) is 5.32 Å². The predicted octanol–water partition coefficient (Wildman–Crippen LogP) is 4.37. The zero-order valence-corrected chi connectivity index (χ0v) is 14.6. The summed E-state index contributed by atoms with van der Waals surface area (Å²) in [7, 11) is 0. The lowest BCUT2D eigenvalue weighted by atomic mass is 10.1. The minimum Gasteiger partial charge on any atom is -0.372 e. The van der Waals surface area contributed by atoms with E-state index in [0.717, 1.165) is 16.7 Å². The molecule has 1 N–H and O–H groups in total. The van der Waals surface area contributed by atoms with Gasteiger partial charge in [-0.25, -0.2) is 4.98 Å². The summed E-state index contributed by atoms with van der Waals surface area (Å²) in [5.74, 6) is 0.521. The molecule has 26 heavy (non-hydrogen) atoms. The van der Waals surface area contributed by atoms with Gasteiger partial charge < -0.3 is 10.1 Å². The molecule has 0 bridgehead atoms. The number of aryl methyl sites for hydroxylation is 1. The van der Waals surface area contributed by atoms with E-state index >= 15 is 0 Å². The van der Waals surface area contributed by atoms with Gasteiger partial charge in [0.2, 0.25) is 5.91 Å². The average molecular weight is 346 g/mol. The van der Waals surface area contributed by atoms with Gasteiger partial charge in [0.25, 0.3) is 0 Å². The molecule has 0 spiro atoms. The molecular weight excluding hydrogens is 324 g/mol. The van der Waals surface area contributed by atoms with Gasteiger partial charge >= 0.3 is 0 Å². The van der Waals surface area contributed by atoms with Gasteiger partial charge in [-0.15, -0.1) is 0 Å². The first-order chi connectivity index (χ1) is 12.8. The summed E-state index contributed by atoms with van der Waals surface area (Å²) >= 11 is 0. The number of ether oxygens (including phenoxy) is 1. The molecule has 4 nitrogen and oxygen atoms in total. The van der Waals surface area contributed by atoms with Gasteiger partial charge in [-0.3, -0.25) is 4.79 Å². The molecule has 0 saturated heterocycles. The molecular formula is C22H22N2O2. The summed E-state index contributed by atoms with van der Waals surface area (Å²) in [6.07, 6.45) is 2.83. The fourth-order valence-corrected chi connectivity index (χ4v) is 2.60. The van der Waals surface area contributed by atoms with Crippen molar-refractivity contribution in [2.24, 2.45) is 0 Å². The van der Waals surface area contributed by atoms with Gasteiger partial charge in [-0.2, -0.15) is 0 Å². The summed E-state index contributed by atoms with van der Waals surface area (Å²) in [6.45, 7) is 1.03. The Kier molecular flexibility index (Phi) is 6.51. The van der Waals surface area contributed by atoms with Crippen molar-refractivity contribution >= 4 is 11.7 Å². The molecule has 0 atom stereocenters. The van der Waals surface area contributed by atoms with Crippen molar-refractivity contribution in [2.45, 2.75) is 26.1 Å². The van der Waals surface area contributed by atoms with Crippen LogP contribution in [0.5, 0.6) is 0 Å². The molecule has 3 rings (SSSR count). The third-order valence-corrected chi connectivity index (χ3v) is 3.96. The van der Waals surface area contributed by atoms with E-state index in [2.05, 4.69) is 10.3 Å². The van der Waals surface area contributed by atoms with E-state index in [4.69, 9.17) is 4.74 Å². The highest BCUT2D eigenvalue weighted by atomic mass is 16.5. The molecule has 0 aliphatic carbocycles. The predicted molar refractivity (Wildman–Crippen MR) is 103 cm³/mol. The fourth-order valence-electron chi connectivity index (χ4n) is 2.60. The van der Waals surface area contributed by atoms with Crippen LogP contribution in [-0.4, -0.2) is 10.9 Å². The van der Waals surface area contributed by atoms with Gasteiger partial charge in [0, 0.05) is 12.6 Å². The van der Waals surface area contributed by atoms with E-state index in [9.17, 15) is 4.79 Å². The number of carbonyl (C=O) groups is 1. The van der Waals surface area contributed by atoms with E-state index in [0.29, 0.717) is 31.9 Å². The Hall–Kier alpha value is -2.98. The first-order valence-corrected chi connectivity index (χ1v) is 8.70. The minimum atomic E-state index is -0.0382. The second-order valence-corrected chi connectivity index (χ2v) is 6.06. The van der Waals surface area contributed by atoms with E-state index in [1.165, 1.54) is 0 Å². The van der Waals surface area contributed by atoms with Crippen LogP contribution in [-0.2, 0) is 29.2 Å². The zero-order chi connectivity index (χ0) is 18.0. The molecule has 3 aromatic rings. The Morgan fingerprint density at radius 3 is 2.23 bits per heavy atom. The molecule has 0 aliphatic heterocycles. The Bertz CT molecular complexity index is 820. The molecule has 1 heterocycles. The number of hydrogen-bond acceptors (Lipinski definition) is 3. The largest absolute Gasteiger partial charge is 0.372 e. The molecule has 0 unspecified atom stereocenters. The third-order valence-electron chi connectivity index (χ3n) is 3.96. The van der Waals surface area contributed by atoms with Crippen LogP contribution in [0.2, 0.25) is 0 Å². The minimum absolute atomic E-state index is 0.0382. The summed E-state index contributed by atoms with van der Waals surface area (Å²) in [5, 5.41) is 2.86. The van der Waals surface area contributed by atoms with Gasteiger partial charge in [-0.1, -0.05) is 60.7 Å². The van der Waals surface area contributed by atoms with Crippen LogP contribution in [0.15, 0.2) is 79.0 Å².